The van der Waals surface area contributed by atoms with Gasteiger partial charge in [0.25, 0.3) is 0 Å². The van der Waals surface area contributed by atoms with Crippen LogP contribution in [0.1, 0.15) is 37.3 Å². The molecule has 56 heavy (non-hydrogen) atoms. The van der Waals surface area contributed by atoms with Gasteiger partial charge in [0.15, 0.2) is 11.4 Å². The Morgan fingerprint density at radius 1 is 0.500 bits per heavy atom. The van der Waals surface area contributed by atoms with Crippen molar-refractivity contribution in [2.45, 2.75) is 25.7 Å². The van der Waals surface area contributed by atoms with E-state index in [2.05, 4.69) is 168 Å². The highest BCUT2D eigenvalue weighted by Crippen LogP contribution is 2.40. The maximum Gasteiger partial charge on any atom is 0.227 e. The minimum Gasteiger partial charge on any atom is -0.434 e. The molecule has 0 saturated heterocycles. The average Bonchev–Trinajstić information content (AvgIpc) is 3.86. The lowest BCUT2D eigenvalue weighted by atomic mass is 10.0. The second kappa shape index (κ2) is 13.3. The van der Waals surface area contributed by atoms with Crippen molar-refractivity contribution in [1.29, 1.82) is 0 Å². The Morgan fingerprint density at radius 2 is 1.20 bits per heavy atom. The Kier molecular flexibility index (Phi) is 7.69. The molecule has 0 saturated carbocycles. The van der Waals surface area contributed by atoms with Gasteiger partial charge in [-0.05, 0) is 95.6 Å². The van der Waals surface area contributed by atoms with Crippen LogP contribution in [-0.2, 0) is 0 Å². The van der Waals surface area contributed by atoms with Gasteiger partial charge in [-0.1, -0.05) is 127 Å². The van der Waals surface area contributed by atoms with Gasteiger partial charge >= 0.3 is 0 Å². The highest BCUT2D eigenvalue weighted by molar-refractivity contribution is 6.19. The molecule has 2 aliphatic carbocycles. The summed E-state index contributed by atoms with van der Waals surface area (Å²) in [5.41, 5.74) is 13.0. The Hall–Kier alpha value is -7.11. The minimum absolute atomic E-state index is 0.656. The number of oxazole rings is 1. The fourth-order valence-corrected chi connectivity index (χ4v) is 8.25. The average molecular weight is 721 g/mol. The smallest absolute Gasteiger partial charge is 0.227 e. The topological polar surface area (TPSA) is 56.7 Å². The lowest BCUT2D eigenvalue weighted by molar-refractivity contribution is 0.587. The van der Waals surface area contributed by atoms with Gasteiger partial charge in [0, 0.05) is 33.2 Å². The maximum absolute atomic E-state index is 6.72. The molecule has 266 valence electrons. The van der Waals surface area contributed by atoms with Gasteiger partial charge in [0.1, 0.15) is 5.52 Å². The summed E-state index contributed by atoms with van der Waals surface area (Å²) in [6, 6.07) is 47.3. The van der Waals surface area contributed by atoms with E-state index in [0.29, 0.717) is 11.7 Å². The number of fused-ring (bicyclic) bond motifs is 6. The number of rotatable bonds is 6. The van der Waals surface area contributed by atoms with E-state index >= 15 is 0 Å². The summed E-state index contributed by atoms with van der Waals surface area (Å²) in [5.74, 6) is 1.36. The van der Waals surface area contributed by atoms with Crippen molar-refractivity contribution in [3.05, 3.63) is 182 Å². The van der Waals surface area contributed by atoms with Gasteiger partial charge in [-0.15, -0.1) is 0 Å². The predicted octanol–water partition coefficient (Wildman–Crippen LogP) is 13.3. The van der Waals surface area contributed by atoms with Crippen LogP contribution in [-0.4, -0.2) is 19.5 Å². The summed E-state index contributed by atoms with van der Waals surface area (Å²) in [6.45, 7) is 0. The van der Waals surface area contributed by atoms with Crippen molar-refractivity contribution in [1.82, 2.24) is 19.5 Å². The van der Waals surface area contributed by atoms with Crippen molar-refractivity contribution in [2.24, 2.45) is 0 Å². The zero-order valence-corrected chi connectivity index (χ0v) is 30.7. The molecular formula is C51H36N4O. The summed E-state index contributed by atoms with van der Waals surface area (Å²) >= 11 is 0. The maximum atomic E-state index is 6.72. The van der Waals surface area contributed by atoms with E-state index in [1.54, 1.807) is 0 Å². The van der Waals surface area contributed by atoms with Crippen LogP contribution in [0.4, 0.5) is 0 Å². The van der Waals surface area contributed by atoms with Crippen LogP contribution in [0.25, 0.3) is 94.3 Å². The molecule has 0 aliphatic heterocycles. The molecule has 0 spiro atoms. The van der Waals surface area contributed by atoms with Crippen LogP contribution in [0.5, 0.6) is 0 Å². The summed E-state index contributed by atoms with van der Waals surface area (Å²) < 4.78 is 9.07. The summed E-state index contributed by atoms with van der Waals surface area (Å²) in [4.78, 5) is 15.4. The first kappa shape index (κ1) is 32.3. The van der Waals surface area contributed by atoms with Crippen molar-refractivity contribution in [2.75, 3.05) is 0 Å². The van der Waals surface area contributed by atoms with Crippen molar-refractivity contribution >= 4 is 54.8 Å². The third-order valence-corrected chi connectivity index (χ3v) is 11.1. The molecule has 0 fully saturated rings. The summed E-state index contributed by atoms with van der Waals surface area (Å²) in [5, 5.41) is 4.68. The van der Waals surface area contributed by atoms with Crippen LogP contribution in [0.3, 0.4) is 0 Å². The van der Waals surface area contributed by atoms with E-state index in [1.165, 1.54) is 21.7 Å². The first-order chi connectivity index (χ1) is 27.7. The molecule has 0 unspecified atom stereocenters. The van der Waals surface area contributed by atoms with E-state index in [-0.39, 0.29) is 0 Å². The second-order valence-electron chi connectivity index (χ2n) is 14.6. The molecule has 0 radical (unpaired) electrons. The van der Waals surface area contributed by atoms with E-state index in [4.69, 9.17) is 19.4 Å². The highest BCUT2D eigenvalue weighted by Gasteiger charge is 2.21. The zero-order valence-electron chi connectivity index (χ0n) is 30.7. The standard InChI is InChI=1S/C51H36N4O/c1-4-13-33(14-5-1)34-23-25-36(26-24-34)50-52-45(35-15-6-2-7-16-35)32-46(53-50)40-21-12-22-41(29-40)55-47-31-39-20-11-10-19-38(39)30-43(47)42-27-28-44-49(48(42)55)56-51(54-44)37-17-8-3-9-18-37/h1,4-6,8,10-32H,2-3,7,9H2. The van der Waals surface area contributed by atoms with Crippen LogP contribution in [0.2, 0.25) is 0 Å². The third-order valence-electron chi connectivity index (χ3n) is 11.1. The molecular weight excluding hydrogens is 685 g/mol. The van der Waals surface area contributed by atoms with E-state index < -0.39 is 0 Å². The Balaban J connectivity index is 1.11. The first-order valence-corrected chi connectivity index (χ1v) is 19.4. The Labute approximate surface area is 324 Å². The monoisotopic (exact) mass is 720 g/mol. The molecule has 0 bridgehead atoms. The number of aromatic nitrogens is 4. The molecule has 0 atom stereocenters. The van der Waals surface area contributed by atoms with Crippen LogP contribution in [0.15, 0.2) is 174 Å². The largest absolute Gasteiger partial charge is 0.434 e. The molecule has 9 aromatic rings. The molecule has 0 amide bonds. The molecule has 3 heterocycles. The number of hydrogen-bond donors (Lipinski definition) is 0. The number of nitrogens with zero attached hydrogens (tertiary/aromatic N) is 4. The minimum atomic E-state index is 0.656. The molecule has 5 heteroatoms. The van der Waals surface area contributed by atoms with Gasteiger partial charge < -0.3 is 8.98 Å². The van der Waals surface area contributed by atoms with E-state index in [1.807, 2.05) is 6.07 Å². The molecule has 6 aromatic carbocycles. The number of benzene rings is 6. The fraction of sp³-hybridized carbons (Fsp3) is 0.0784. The van der Waals surface area contributed by atoms with Gasteiger partial charge in [-0.25, -0.2) is 15.0 Å². The molecule has 0 N–H and O–H groups in total. The number of allylic oxidation sites excluding steroid dienone is 8. The quantitative estimate of drug-likeness (QED) is 0.172. The lowest BCUT2D eigenvalue weighted by Gasteiger charge is -2.13. The first-order valence-electron chi connectivity index (χ1n) is 19.4. The second-order valence-corrected chi connectivity index (χ2v) is 14.6. The normalized spacial score (nSPS) is 14.2. The van der Waals surface area contributed by atoms with Gasteiger partial charge in [-0.2, -0.15) is 0 Å². The van der Waals surface area contributed by atoms with Gasteiger partial charge in [0.2, 0.25) is 5.89 Å². The summed E-state index contributed by atoms with van der Waals surface area (Å²) in [6.07, 6.45) is 17.3. The molecule has 3 aromatic heterocycles. The van der Waals surface area contributed by atoms with Crippen LogP contribution < -0.4 is 0 Å². The Bertz CT molecular complexity index is 3120. The third kappa shape index (κ3) is 5.59. The molecule has 11 rings (SSSR count). The fourth-order valence-electron chi connectivity index (χ4n) is 8.25. The van der Waals surface area contributed by atoms with Crippen LogP contribution in [0, 0.1) is 0 Å². The van der Waals surface area contributed by atoms with Gasteiger partial charge in [0.05, 0.1) is 22.4 Å². The van der Waals surface area contributed by atoms with Crippen LogP contribution >= 0.6 is 0 Å². The highest BCUT2D eigenvalue weighted by atomic mass is 16.3. The SMILES string of the molecule is C1=CC(c2cc(-c3cccc(-n4c5cc6ccccc6cc5c5ccc6nc(C7=CCCC=C7)oc6c54)c3)nc(-c3ccc(-c4ccccc4)cc3)n2)=CCC1. The van der Waals surface area contributed by atoms with Crippen molar-refractivity contribution in [3.63, 3.8) is 0 Å². The summed E-state index contributed by atoms with van der Waals surface area (Å²) in [7, 11) is 0. The van der Waals surface area contributed by atoms with Gasteiger partial charge in [-0.3, -0.25) is 0 Å². The van der Waals surface area contributed by atoms with Crippen molar-refractivity contribution in [3.8, 4) is 39.5 Å². The zero-order chi connectivity index (χ0) is 37.0. The van der Waals surface area contributed by atoms with E-state index in [9.17, 15) is 0 Å². The lowest BCUT2D eigenvalue weighted by Crippen LogP contribution is -2.00. The molecule has 2 aliphatic rings. The van der Waals surface area contributed by atoms with Crippen molar-refractivity contribution < 1.29 is 4.42 Å². The number of hydrogen-bond acceptors (Lipinski definition) is 4. The Morgan fingerprint density at radius 3 is 1.98 bits per heavy atom. The predicted molar refractivity (Wildman–Crippen MR) is 230 cm³/mol. The van der Waals surface area contributed by atoms with E-state index in [0.717, 1.165) is 98.1 Å². The molecule has 5 nitrogen and oxygen atoms in total.